The highest BCUT2D eigenvalue weighted by Crippen LogP contribution is 2.06. The SMILES string of the molecule is NC(=O)CC(NC(=O)C(Cc1ccccc1)NC(=O)C(N)CCCN=C(N)N)C(=O)O. The summed E-state index contributed by atoms with van der Waals surface area (Å²) in [7, 11) is 0. The number of aliphatic carboxylic acids is 1. The monoisotopic (exact) mass is 435 g/mol. The van der Waals surface area contributed by atoms with Crippen LogP contribution in [-0.4, -0.2) is 59.4 Å². The van der Waals surface area contributed by atoms with Crippen LogP contribution < -0.4 is 33.6 Å². The number of carboxylic acids is 1. The highest BCUT2D eigenvalue weighted by Gasteiger charge is 2.29. The number of carbonyl (C=O) groups excluding carboxylic acids is 3. The number of carboxylic acid groups (broad SMARTS) is 1. The van der Waals surface area contributed by atoms with Gasteiger partial charge in [0.25, 0.3) is 0 Å². The smallest absolute Gasteiger partial charge is 0.326 e. The number of benzene rings is 1. The van der Waals surface area contributed by atoms with E-state index in [4.69, 9.17) is 22.9 Å². The second kappa shape index (κ2) is 12.8. The van der Waals surface area contributed by atoms with Gasteiger partial charge in [0.2, 0.25) is 17.7 Å². The van der Waals surface area contributed by atoms with Crippen molar-refractivity contribution in [3.8, 4) is 0 Å². The molecule has 12 nitrogen and oxygen atoms in total. The van der Waals surface area contributed by atoms with Crippen LogP contribution >= 0.6 is 0 Å². The molecule has 1 aromatic carbocycles. The zero-order valence-electron chi connectivity index (χ0n) is 17.0. The molecule has 0 saturated carbocycles. The fourth-order valence-corrected chi connectivity index (χ4v) is 2.66. The lowest BCUT2D eigenvalue weighted by Gasteiger charge is -2.22. The molecular formula is C19H29N7O5. The Labute approximate surface area is 179 Å². The lowest BCUT2D eigenvalue weighted by molar-refractivity contribution is -0.143. The van der Waals surface area contributed by atoms with Gasteiger partial charge in [0.05, 0.1) is 12.5 Å². The van der Waals surface area contributed by atoms with Crippen LogP contribution in [0.4, 0.5) is 0 Å². The number of hydrogen-bond acceptors (Lipinski definition) is 6. The van der Waals surface area contributed by atoms with Gasteiger partial charge in [-0.05, 0) is 18.4 Å². The molecule has 0 saturated heterocycles. The largest absolute Gasteiger partial charge is 0.480 e. The fraction of sp³-hybridized carbons (Fsp3) is 0.421. The molecule has 0 aliphatic carbocycles. The Morgan fingerprint density at radius 2 is 1.58 bits per heavy atom. The van der Waals surface area contributed by atoms with Crippen molar-refractivity contribution >= 4 is 29.7 Å². The molecule has 1 rings (SSSR count). The first-order valence-corrected chi connectivity index (χ1v) is 9.57. The third-order valence-corrected chi connectivity index (χ3v) is 4.24. The predicted octanol–water partition coefficient (Wildman–Crippen LogP) is -2.46. The molecule has 31 heavy (non-hydrogen) atoms. The Balaban J connectivity index is 2.86. The van der Waals surface area contributed by atoms with Crippen molar-refractivity contribution in [3.05, 3.63) is 35.9 Å². The number of nitrogens with two attached hydrogens (primary N) is 4. The van der Waals surface area contributed by atoms with E-state index in [-0.39, 0.29) is 18.8 Å². The quantitative estimate of drug-likeness (QED) is 0.0995. The third-order valence-electron chi connectivity index (χ3n) is 4.24. The summed E-state index contributed by atoms with van der Waals surface area (Å²) in [6, 6.07) is 5.24. The molecule has 11 N–H and O–H groups in total. The van der Waals surface area contributed by atoms with E-state index >= 15 is 0 Å². The first-order valence-electron chi connectivity index (χ1n) is 9.57. The summed E-state index contributed by atoms with van der Waals surface area (Å²) in [4.78, 5) is 51.4. The summed E-state index contributed by atoms with van der Waals surface area (Å²) in [5, 5.41) is 14.0. The van der Waals surface area contributed by atoms with Crippen molar-refractivity contribution in [1.29, 1.82) is 0 Å². The van der Waals surface area contributed by atoms with Crippen LogP contribution in [0.5, 0.6) is 0 Å². The predicted molar refractivity (Wildman–Crippen MR) is 113 cm³/mol. The zero-order valence-corrected chi connectivity index (χ0v) is 17.0. The van der Waals surface area contributed by atoms with E-state index in [2.05, 4.69) is 15.6 Å². The van der Waals surface area contributed by atoms with Crippen LogP contribution in [0.1, 0.15) is 24.8 Å². The molecule has 0 aliphatic rings. The van der Waals surface area contributed by atoms with Gasteiger partial charge in [-0.15, -0.1) is 0 Å². The molecule has 0 spiro atoms. The van der Waals surface area contributed by atoms with E-state index in [9.17, 15) is 24.3 Å². The van der Waals surface area contributed by atoms with Gasteiger partial charge in [-0.3, -0.25) is 19.4 Å². The van der Waals surface area contributed by atoms with Crippen molar-refractivity contribution in [2.75, 3.05) is 6.54 Å². The lowest BCUT2D eigenvalue weighted by Crippen LogP contribution is -2.55. The summed E-state index contributed by atoms with van der Waals surface area (Å²) in [6.07, 6.45) is 0.211. The molecule has 170 valence electrons. The summed E-state index contributed by atoms with van der Waals surface area (Å²) < 4.78 is 0. The lowest BCUT2D eigenvalue weighted by atomic mass is 10.0. The number of aliphatic imine (C=N–C) groups is 1. The summed E-state index contributed by atoms with van der Waals surface area (Å²) >= 11 is 0. The average Bonchev–Trinajstić information content (AvgIpc) is 2.70. The van der Waals surface area contributed by atoms with Crippen LogP contribution in [0.3, 0.4) is 0 Å². The molecule has 0 heterocycles. The van der Waals surface area contributed by atoms with Crippen molar-refractivity contribution in [2.24, 2.45) is 27.9 Å². The molecule has 0 fully saturated rings. The number of nitrogens with zero attached hydrogens (tertiary/aromatic N) is 1. The standard InChI is InChI=1S/C19H29N7O5/c20-12(7-4-8-24-19(22)23)16(28)25-13(9-11-5-2-1-3-6-11)17(29)26-14(18(30)31)10-15(21)27/h1-3,5-6,12-14H,4,7-10,20H2,(H2,21,27)(H,25,28)(H,26,29)(H,30,31)(H4,22,23,24). The maximum atomic E-state index is 12.7. The molecule has 12 heteroatoms. The van der Waals surface area contributed by atoms with Crippen LogP contribution in [-0.2, 0) is 25.6 Å². The highest BCUT2D eigenvalue weighted by molar-refractivity contribution is 5.93. The Hall–Kier alpha value is -3.67. The summed E-state index contributed by atoms with van der Waals surface area (Å²) in [6.45, 7) is 0.296. The zero-order chi connectivity index (χ0) is 23.4. The van der Waals surface area contributed by atoms with Gasteiger partial charge in [0.1, 0.15) is 12.1 Å². The third kappa shape index (κ3) is 10.1. The molecule has 0 radical (unpaired) electrons. The molecule has 0 aromatic heterocycles. The number of hydrogen-bond donors (Lipinski definition) is 7. The van der Waals surface area contributed by atoms with E-state index < -0.39 is 48.2 Å². The first kappa shape index (κ1) is 25.4. The van der Waals surface area contributed by atoms with Gasteiger partial charge >= 0.3 is 5.97 Å². The van der Waals surface area contributed by atoms with Crippen molar-refractivity contribution in [1.82, 2.24) is 10.6 Å². The van der Waals surface area contributed by atoms with Gasteiger partial charge in [-0.2, -0.15) is 0 Å². The minimum Gasteiger partial charge on any atom is -0.480 e. The van der Waals surface area contributed by atoms with Gasteiger partial charge in [-0.1, -0.05) is 30.3 Å². The van der Waals surface area contributed by atoms with Gasteiger partial charge in [-0.25, -0.2) is 4.79 Å². The van der Waals surface area contributed by atoms with E-state index in [1.807, 2.05) is 0 Å². The summed E-state index contributed by atoms with van der Waals surface area (Å²) in [5.74, 6) is -3.75. The van der Waals surface area contributed by atoms with E-state index in [0.717, 1.165) is 5.56 Å². The van der Waals surface area contributed by atoms with Crippen LogP contribution in [0.2, 0.25) is 0 Å². The van der Waals surface area contributed by atoms with Crippen LogP contribution in [0, 0.1) is 0 Å². The Morgan fingerprint density at radius 1 is 0.968 bits per heavy atom. The molecule has 3 amide bonds. The van der Waals surface area contributed by atoms with Gasteiger partial charge in [0.15, 0.2) is 5.96 Å². The van der Waals surface area contributed by atoms with Crippen LogP contribution in [0.15, 0.2) is 35.3 Å². The van der Waals surface area contributed by atoms with Crippen molar-refractivity contribution in [3.63, 3.8) is 0 Å². The van der Waals surface area contributed by atoms with E-state index in [1.165, 1.54) is 0 Å². The minimum absolute atomic E-state index is 0.0680. The Kier molecular flexibility index (Phi) is 10.5. The van der Waals surface area contributed by atoms with Gasteiger partial charge in [0, 0.05) is 13.0 Å². The molecule has 0 aliphatic heterocycles. The Bertz CT molecular complexity index is 796. The maximum absolute atomic E-state index is 12.7. The second-order valence-electron chi connectivity index (χ2n) is 6.88. The molecule has 1 aromatic rings. The summed E-state index contributed by atoms with van der Waals surface area (Å²) in [5.41, 5.74) is 22.1. The number of rotatable bonds is 13. The minimum atomic E-state index is -1.52. The van der Waals surface area contributed by atoms with Crippen molar-refractivity contribution in [2.45, 2.75) is 43.8 Å². The molecule has 0 bridgehead atoms. The van der Waals surface area contributed by atoms with Crippen LogP contribution in [0.25, 0.3) is 0 Å². The number of guanidine groups is 1. The number of amides is 3. The van der Waals surface area contributed by atoms with E-state index in [0.29, 0.717) is 13.0 Å². The Morgan fingerprint density at radius 3 is 2.13 bits per heavy atom. The fourth-order valence-electron chi connectivity index (χ4n) is 2.66. The maximum Gasteiger partial charge on any atom is 0.326 e. The first-order chi connectivity index (χ1) is 14.6. The van der Waals surface area contributed by atoms with Crippen molar-refractivity contribution < 1.29 is 24.3 Å². The number of nitrogens with one attached hydrogen (secondary N) is 2. The second-order valence-corrected chi connectivity index (χ2v) is 6.88. The van der Waals surface area contributed by atoms with E-state index in [1.54, 1.807) is 30.3 Å². The van der Waals surface area contributed by atoms with Gasteiger partial charge < -0.3 is 38.7 Å². The average molecular weight is 435 g/mol. The topological polar surface area (TPSA) is 229 Å². The molecule has 3 unspecified atom stereocenters. The highest BCUT2D eigenvalue weighted by atomic mass is 16.4. The number of primary amides is 1. The molecule has 3 atom stereocenters. The normalized spacial score (nSPS) is 13.3. The molecular weight excluding hydrogens is 406 g/mol. The number of carbonyl (C=O) groups is 4.